The summed E-state index contributed by atoms with van der Waals surface area (Å²) >= 11 is 0. The molecular formula is C28H23F3N6O3. The van der Waals surface area contributed by atoms with Crippen molar-refractivity contribution in [2.24, 2.45) is 7.05 Å². The van der Waals surface area contributed by atoms with Crippen LogP contribution in [0.1, 0.15) is 47.7 Å². The predicted molar refractivity (Wildman–Crippen MR) is 136 cm³/mol. The van der Waals surface area contributed by atoms with E-state index in [2.05, 4.69) is 10.4 Å². The summed E-state index contributed by atoms with van der Waals surface area (Å²) in [7, 11) is 1.70. The fourth-order valence-corrected chi connectivity index (χ4v) is 5.01. The van der Waals surface area contributed by atoms with Crippen molar-refractivity contribution >= 4 is 23.5 Å². The molecule has 2 aliphatic rings. The number of ketones is 1. The molecule has 0 radical (unpaired) electrons. The number of Topliss-reactive ketones (excluding diaryl/α,β-unsaturated/α-hetero) is 1. The SMILES string of the molecule is Cn1ccc(CNC(=O)N2C(=O)N(c3cccc(C(F)(F)F)c3)C3=C(C(=O)CCC3)C2c2ccc(C#N)cc2)n1. The number of amides is 4. The number of benzene rings is 2. The van der Waals surface area contributed by atoms with Crippen LogP contribution < -0.4 is 10.2 Å². The van der Waals surface area contributed by atoms with Crippen molar-refractivity contribution in [3.8, 4) is 6.07 Å². The first kappa shape index (κ1) is 26.7. The van der Waals surface area contributed by atoms with Crippen LogP contribution in [0.4, 0.5) is 28.4 Å². The van der Waals surface area contributed by atoms with Crippen molar-refractivity contribution in [2.75, 3.05) is 4.90 Å². The number of aromatic nitrogens is 2. The van der Waals surface area contributed by atoms with E-state index in [-0.39, 0.29) is 42.1 Å². The normalized spacial score (nSPS) is 17.5. The maximum absolute atomic E-state index is 14.1. The van der Waals surface area contributed by atoms with Gasteiger partial charge in [-0.05, 0) is 54.8 Å². The summed E-state index contributed by atoms with van der Waals surface area (Å²) in [4.78, 5) is 43.0. The standard InChI is InChI=1S/C28H23F3N6O3/c1-35-13-12-20(34-35)16-33-26(39)37-25(18-10-8-17(15-32)9-11-18)24-22(6-3-7-23(24)38)36(27(37)40)21-5-2-4-19(14-21)28(29,30)31/h2,4-5,8-14,25H,3,6-7,16H2,1H3,(H,33,39). The zero-order valence-electron chi connectivity index (χ0n) is 21.3. The molecule has 2 aromatic carbocycles. The molecule has 40 heavy (non-hydrogen) atoms. The van der Waals surface area contributed by atoms with Gasteiger partial charge < -0.3 is 5.32 Å². The van der Waals surface area contributed by atoms with Crippen LogP contribution in [0.2, 0.25) is 0 Å². The number of anilines is 1. The highest BCUT2D eigenvalue weighted by molar-refractivity contribution is 6.11. The van der Waals surface area contributed by atoms with E-state index in [1.54, 1.807) is 36.1 Å². The van der Waals surface area contributed by atoms with Crippen LogP contribution in [-0.4, -0.2) is 32.5 Å². The van der Waals surface area contributed by atoms with E-state index in [1.165, 1.54) is 24.3 Å². The Morgan fingerprint density at radius 1 is 1.12 bits per heavy atom. The van der Waals surface area contributed by atoms with Gasteiger partial charge >= 0.3 is 18.2 Å². The minimum atomic E-state index is -4.67. The van der Waals surface area contributed by atoms with E-state index in [0.29, 0.717) is 23.2 Å². The fourth-order valence-electron chi connectivity index (χ4n) is 5.01. The zero-order valence-corrected chi connectivity index (χ0v) is 21.3. The third-order valence-electron chi connectivity index (χ3n) is 6.82. The third kappa shape index (κ3) is 4.93. The van der Waals surface area contributed by atoms with E-state index < -0.39 is 29.8 Å². The second kappa shape index (κ2) is 10.3. The number of hydrogen-bond donors (Lipinski definition) is 1. The van der Waals surface area contributed by atoms with Crippen molar-refractivity contribution in [1.82, 2.24) is 20.0 Å². The van der Waals surface area contributed by atoms with Gasteiger partial charge in [-0.15, -0.1) is 0 Å². The Bertz CT molecular complexity index is 1570. The van der Waals surface area contributed by atoms with Gasteiger partial charge in [0.15, 0.2) is 5.78 Å². The number of aryl methyl sites for hydroxylation is 1. The Morgan fingerprint density at radius 2 is 1.88 bits per heavy atom. The molecule has 1 unspecified atom stereocenters. The Labute approximate surface area is 227 Å². The third-order valence-corrected chi connectivity index (χ3v) is 6.82. The molecule has 0 bridgehead atoms. The number of hydrogen-bond acceptors (Lipinski definition) is 5. The number of allylic oxidation sites excluding steroid dienone is 1. The van der Waals surface area contributed by atoms with E-state index in [0.717, 1.165) is 21.9 Å². The molecule has 9 nitrogen and oxygen atoms in total. The second-order valence-corrected chi connectivity index (χ2v) is 9.45. The van der Waals surface area contributed by atoms with Gasteiger partial charge in [-0.25, -0.2) is 14.5 Å². The molecule has 1 atom stereocenters. The molecule has 1 N–H and O–H groups in total. The molecule has 4 amide bonds. The predicted octanol–water partition coefficient (Wildman–Crippen LogP) is 5.21. The van der Waals surface area contributed by atoms with Gasteiger partial charge in [0, 0.05) is 30.9 Å². The molecule has 1 aliphatic carbocycles. The maximum Gasteiger partial charge on any atom is 0.416 e. The van der Waals surface area contributed by atoms with Gasteiger partial charge in [-0.2, -0.15) is 23.5 Å². The van der Waals surface area contributed by atoms with Gasteiger partial charge in [0.2, 0.25) is 0 Å². The van der Waals surface area contributed by atoms with Crippen molar-refractivity contribution in [1.29, 1.82) is 5.26 Å². The highest BCUT2D eigenvalue weighted by Crippen LogP contribution is 2.44. The zero-order chi connectivity index (χ0) is 28.6. The number of nitriles is 1. The van der Waals surface area contributed by atoms with Crippen molar-refractivity contribution in [2.45, 2.75) is 38.0 Å². The summed E-state index contributed by atoms with van der Waals surface area (Å²) in [5, 5.41) is 16.1. The smallest absolute Gasteiger partial charge is 0.332 e. The van der Waals surface area contributed by atoms with Crippen LogP contribution >= 0.6 is 0 Å². The Hall–Kier alpha value is -4.92. The molecule has 3 aromatic rings. The van der Waals surface area contributed by atoms with E-state index in [9.17, 15) is 32.8 Å². The number of urea groups is 2. The quantitative estimate of drug-likeness (QED) is 0.481. The first-order valence-corrected chi connectivity index (χ1v) is 12.4. The lowest BCUT2D eigenvalue weighted by molar-refractivity contribution is -0.137. The molecule has 1 aliphatic heterocycles. The van der Waals surface area contributed by atoms with E-state index in [1.807, 2.05) is 6.07 Å². The molecule has 5 rings (SSSR count). The number of halogens is 3. The molecule has 0 spiro atoms. The first-order chi connectivity index (χ1) is 19.1. The molecule has 204 valence electrons. The summed E-state index contributed by atoms with van der Waals surface area (Å²) in [5.74, 6) is -0.317. The molecule has 1 aromatic heterocycles. The van der Waals surface area contributed by atoms with Crippen LogP contribution in [0, 0.1) is 11.3 Å². The Balaban J connectivity index is 1.65. The van der Waals surface area contributed by atoms with Crippen LogP contribution in [0.25, 0.3) is 0 Å². The summed E-state index contributed by atoms with van der Waals surface area (Å²) in [5.41, 5.74) is 0.590. The van der Waals surface area contributed by atoms with E-state index in [4.69, 9.17) is 0 Å². The number of alkyl halides is 3. The molecule has 0 saturated heterocycles. The van der Waals surface area contributed by atoms with Gasteiger partial charge in [-0.1, -0.05) is 18.2 Å². The minimum Gasteiger partial charge on any atom is -0.332 e. The van der Waals surface area contributed by atoms with Crippen molar-refractivity contribution in [3.63, 3.8) is 0 Å². The fraction of sp³-hybridized carbons (Fsp3) is 0.250. The lowest BCUT2D eigenvalue weighted by Crippen LogP contribution is -2.56. The Kier molecular flexibility index (Phi) is 6.89. The van der Waals surface area contributed by atoms with Crippen LogP contribution in [0.5, 0.6) is 0 Å². The number of carbonyl (C=O) groups excluding carboxylic acids is 3. The molecular weight excluding hydrogens is 525 g/mol. The van der Waals surface area contributed by atoms with Crippen LogP contribution in [0.15, 0.2) is 72.1 Å². The summed E-state index contributed by atoms with van der Waals surface area (Å²) in [6.45, 7) is -0.0348. The highest BCUT2D eigenvalue weighted by atomic mass is 19.4. The molecule has 2 heterocycles. The maximum atomic E-state index is 14.1. The van der Waals surface area contributed by atoms with Crippen LogP contribution in [0.3, 0.4) is 0 Å². The van der Waals surface area contributed by atoms with E-state index >= 15 is 0 Å². The lowest BCUT2D eigenvalue weighted by Gasteiger charge is -2.44. The average molecular weight is 549 g/mol. The summed E-state index contributed by atoms with van der Waals surface area (Å²) in [6, 6.07) is 11.1. The largest absolute Gasteiger partial charge is 0.416 e. The monoisotopic (exact) mass is 548 g/mol. The van der Waals surface area contributed by atoms with Gasteiger partial charge in [0.1, 0.15) is 0 Å². The number of imide groups is 1. The average Bonchev–Trinajstić information content (AvgIpc) is 3.36. The van der Waals surface area contributed by atoms with Gasteiger partial charge in [0.05, 0.1) is 41.2 Å². The molecule has 12 heteroatoms. The Morgan fingerprint density at radius 3 is 2.52 bits per heavy atom. The second-order valence-electron chi connectivity index (χ2n) is 9.45. The van der Waals surface area contributed by atoms with Crippen molar-refractivity contribution in [3.05, 3.63) is 94.4 Å². The topological polar surface area (TPSA) is 111 Å². The van der Waals surface area contributed by atoms with Gasteiger partial charge in [-0.3, -0.25) is 14.4 Å². The number of nitrogens with one attached hydrogen (secondary N) is 1. The number of carbonyl (C=O) groups is 3. The highest BCUT2D eigenvalue weighted by Gasteiger charge is 2.47. The first-order valence-electron chi connectivity index (χ1n) is 12.4. The van der Waals surface area contributed by atoms with Crippen molar-refractivity contribution < 1.29 is 27.6 Å². The molecule has 0 saturated carbocycles. The minimum absolute atomic E-state index is 0.0348. The number of rotatable bonds is 4. The van der Waals surface area contributed by atoms with Gasteiger partial charge in [0.25, 0.3) is 0 Å². The number of nitrogens with zero attached hydrogens (tertiary/aromatic N) is 5. The lowest BCUT2D eigenvalue weighted by atomic mass is 9.83. The molecule has 0 fully saturated rings. The van der Waals surface area contributed by atoms with Crippen LogP contribution in [-0.2, 0) is 24.6 Å². The summed E-state index contributed by atoms with van der Waals surface area (Å²) in [6.07, 6.45) is -2.19. The summed E-state index contributed by atoms with van der Waals surface area (Å²) < 4.78 is 42.2.